The Morgan fingerprint density at radius 1 is 1.10 bits per heavy atom. The molecule has 0 N–H and O–H groups in total. The van der Waals surface area contributed by atoms with Crippen molar-refractivity contribution in [1.29, 1.82) is 0 Å². The maximum Gasteiger partial charge on any atom is 1.00 e. The molecule has 0 amide bonds. The summed E-state index contributed by atoms with van der Waals surface area (Å²) in [5, 5.41) is 0. The fourth-order valence-electron chi connectivity index (χ4n) is 0.493. The van der Waals surface area contributed by atoms with Crippen molar-refractivity contribution >= 4 is 0 Å². The first-order valence-electron chi connectivity index (χ1n) is 2.39. The van der Waals surface area contributed by atoms with Gasteiger partial charge in [0.05, 0.1) is 0 Å². The van der Waals surface area contributed by atoms with E-state index in [1.165, 1.54) is 0 Å². The Labute approximate surface area is 129 Å². The van der Waals surface area contributed by atoms with Crippen molar-refractivity contribution in [1.82, 2.24) is 9.97 Å². The van der Waals surface area contributed by atoms with Gasteiger partial charge in [-0.15, -0.1) is 13.8 Å². The molecular weight excluding hydrogens is 228 g/mol. The smallest absolute Gasteiger partial charge is 0.571 e. The van der Waals surface area contributed by atoms with Crippen molar-refractivity contribution < 1.29 is 84.1 Å². The van der Waals surface area contributed by atoms with Crippen molar-refractivity contribution in [3.05, 3.63) is 23.8 Å². The average molecular weight is 234 g/mol. The zero-order valence-corrected chi connectivity index (χ0v) is 12.4. The van der Waals surface area contributed by atoms with Gasteiger partial charge >= 0.3 is 51.4 Å². The van der Waals surface area contributed by atoms with Gasteiger partial charge < -0.3 is 16.0 Å². The third-order valence-corrected chi connectivity index (χ3v) is 0.797. The minimum absolute atomic E-state index is 0. The molecule has 0 saturated carbocycles. The summed E-state index contributed by atoms with van der Waals surface area (Å²) in [6.45, 7) is 3.73. The number of aromatic nitrogens is 2. The Balaban J connectivity index is 0. The van der Waals surface area contributed by atoms with E-state index >= 15 is 0 Å². The molecule has 0 saturated heterocycles. The Kier molecular flexibility index (Phi) is 10.7. The Morgan fingerprint density at radius 3 is 1.70 bits per heavy atom. The molecule has 0 aliphatic heterocycles. The topological polar surface area (TPSA) is 25.8 Å². The molecule has 0 spiro atoms. The minimum atomic E-state index is 0. The largest absolute Gasteiger partial charge is 1.00 e. The molecule has 45 valence electrons. The molecule has 1 heterocycles. The van der Waals surface area contributed by atoms with Crippen LogP contribution in [-0.4, -0.2) is 9.97 Å². The van der Waals surface area contributed by atoms with E-state index in [4.69, 9.17) is 0 Å². The second-order valence-corrected chi connectivity index (χ2v) is 1.62. The number of nitrogens with zero attached hydrogens (tertiary/aromatic N) is 2. The minimum Gasteiger partial charge on any atom is -0.571 e. The standard InChI is InChI=1S/C6H6N2.K.Y/c1-5-3-6(2)8-4-7-5;;/h1-2H3;;/q-2;+1;. The first-order valence-corrected chi connectivity index (χ1v) is 2.39. The van der Waals surface area contributed by atoms with Gasteiger partial charge in [0.15, 0.2) is 0 Å². The summed E-state index contributed by atoms with van der Waals surface area (Å²) in [6.07, 6.45) is 2.50. The van der Waals surface area contributed by atoms with Crippen LogP contribution in [0.15, 0.2) is 0 Å². The molecule has 10 heavy (non-hydrogen) atoms. The fraction of sp³-hybridized carbons (Fsp3) is 0.333. The molecule has 1 rings (SSSR count). The van der Waals surface area contributed by atoms with E-state index in [0.717, 1.165) is 11.4 Å². The van der Waals surface area contributed by atoms with Crippen LogP contribution in [0, 0.1) is 26.2 Å². The van der Waals surface area contributed by atoms with E-state index in [9.17, 15) is 0 Å². The maximum atomic E-state index is 3.75. The second-order valence-electron chi connectivity index (χ2n) is 1.62. The molecule has 0 bridgehead atoms. The van der Waals surface area contributed by atoms with Crippen molar-refractivity contribution in [3.8, 4) is 0 Å². The van der Waals surface area contributed by atoms with Gasteiger partial charge in [-0.25, -0.2) is 0 Å². The van der Waals surface area contributed by atoms with Crippen molar-refractivity contribution in [2.75, 3.05) is 0 Å². The molecule has 0 fully saturated rings. The van der Waals surface area contributed by atoms with Gasteiger partial charge in [0, 0.05) is 39.0 Å². The van der Waals surface area contributed by atoms with Crippen LogP contribution in [0.5, 0.6) is 0 Å². The Bertz CT molecular complexity index is 176. The Morgan fingerprint density at radius 2 is 1.50 bits per heavy atom. The zero-order chi connectivity index (χ0) is 5.98. The summed E-state index contributed by atoms with van der Waals surface area (Å²) in [6, 6.07) is 2.92. The number of hydrogen-bond donors (Lipinski definition) is 0. The molecule has 1 aromatic rings. The first kappa shape index (κ1) is 14.4. The first-order chi connectivity index (χ1) is 3.79. The van der Waals surface area contributed by atoms with E-state index in [1.54, 1.807) is 0 Å². The second kappa shape index (κ2) is 7.47. The zero-order valence-electron chi connectivity index (χ0n) is 6.47. The number of rotatable bonds is 0. The van der Waals surface area contributed by atoms with Crippen LogP contribution >= 0.6 is 0 Å². The maximum absolute atomic E-state index is 3.75. The van der Waals surface area contributed by atoms with Crippen LogP contribution in [0.4, 0.5) is 0 Å². The summed E-state index contributed by atoms with van der Waals surface area (Å²) < 4.78 is 0. The molecule has 0 aromatic carbocycles. The molecule has 0 aliphatic rings. The summed E-state index contributed by atoms with van der Waals surface area (Å²) in [7, 11) is 0. The monoisotopic (exact) mass is 234 g/mol. The van der Waals surface area contributed by atoms with Gasteiger partial charge in [-0.05, 0) is 0 Å². The van der Waals surface area contributed by atoms with Gasteiger partial charge in [-0.3, -0.25) is 11.4 Å². The molecule has 0 aliphatic carbocycles. The van der Waals surface area contributed by atoms with Gasteiger partial charge in [0.1, 0.15) is 0 Å². The third-order valence-electron chi connectivity index (χ3n) is 0.797. The van der Waals surface area contributed by atoms with Crippen LogP contribution in [0.1, 0.15) is 11.4 Å². The molecule has 2 nitrogen and oxygen atoms in total. The van der Waals surface area contributed by atoms with Gasteiger partial charge in [-0.2, -0.15) is 0 Å². The molecule has 0 unspecified atom stereocenters. The summed E-state index contributed by atoms with van der Waals surface area (Å²) in [5.41, 5.74) is 1.69. The van der Waals surface area contributed by atoms with E-state index in [1.807, 2.05) is 13.8 Å². The molecule has 0 atom stereocenters. The van der Waals surface area contributed by atoms with Crippen LogP contribution in [0.3, 0.4) is 0 Å². The predicted molar refractivity (Wildman–Crippen MR) is 29.2 cm³/mol. The number of aryl methyl sites for hydroxylation is 2. The summed E-state index contributed by atoms with van der Waals surface area (Å²) >= 11 is 0. The van der Waals surface area contributed by atoms with Gasteiger partial charge in [0.25, 0.3) is 0 Å². The van der Waals surface area contributed by atoms with Crippen molar-refractivity contribution in [2.24, 2.45) is 0 Å². The molecule has 1 radical (unpaired) electrons. The quantitative estimate of drug-likeness (QED) is 0.372. The van der Waals surface area contributed by atoms with E-state index in [0.29, 0.717) is 0 Å². The SMILES string of the molecule is Cc1[c-]c(C)n[c-]n1.[K+].[Y]. The van der Waals surface area contributed by atoms with E-state index in [-0.39, 0.29) is 84.1 Å². The molecule has 4 heteroatoms. The predicted octanol–water partition coefficient (Wildman–Crippen LogP) is -2.30. The summed E-state index contributed by atoms with van der Waals surface area (Å²) in [5.74, 6) is 0. The molecular formula is C6H6KN2Y-. The normalized spacial score (nSPS) is 7.40. The van der Waals surface area contributed by atoms with Crippen LogP contribution in [-0.2, 0) is 32.7 Å². The van der Waals surface area contributed by atoms with E-state index < -0.39 is 0 Å². The average Bonchev–Trinajstić information content (AvgIpc) is 1.64. The third kappa shape index (κ3) is 5.47. The van der Waals surface area contributed by atoms with Crippen LogP contribution < -0.4 is 51.4 Å². The van der Waals surface area contributed by atoms with Crippen molar-refractivity contribution in [2.45, 2.75) is 13.8 Å². The van der Waals surface area contributed by atoms with E-state index in [2.05, 4.69) is 22.4 Å². The van der Waals surface area contributed by atoms with Crippen LogP contribution in [0.25, 0.3) is 0 Å². The van der Waals surface area contributed by atoms with Gasteiger partial charge in [-0.1, -0.05) is 0 Å². The fourth-order valence-corrected chi connectivity index (χ4v) is 0.493. The van der Waals surface area contributed by atoms with Crippen molar-refractivity contribution in [3.63, 3.8) is 0 Å². The Hall–Kier alpha value is 1.82. The van der Waals surface area contributed by atoms with Gasteiger partial charge in [0.2, 0.25) is 0 Å². The summed E-state index contributed by atoms with van der Waals surface area (Å²) in [4.78, 5) is 7.50. The van der Waals surface area contributed by atoms with Crippen LogP contribution in [0.2, 0.25) is 0 Å². The molecule has 1 aromatic heterocycles. The number of hydrogen-bond acceptors (Lipinski definition) is 2.